The standard InChI is InChI=1S/C13H13BrN4O4/c1-2-22-13(21)11-12(20)18(15)16-17(11)7-10(19)8-3-5-9(14)6-4-8/h3-6H,2,7H2,1H3,(H2-,15,16,20,21)/p+1. The van der Waals surface area contributed by atoms with Crippen LogP contribution in [0.25, 0.3) is 0 Å². The number of hydrogen-bond donors (Lipinski definition) is 2. The molecule has 0 radical (unpaired) electrons. The molecular weight excluding hydrogens is 356 g/mol. The zero-order valence-corrected chi connectivity index (χ0v) is 13.3. The molecule has 0 saturated carbocycles. The molecule has 0 aliphatic carbocycles. The number of Topliss-reactive ketones (excluding diaryl/α,β-unsaturated/α-hetero) is 1. The average molecular weight is 370 g/mol. The van der Waals surface area contributed by atoms with Gasteiger partial charge in [0.1, 0.15) is 0 Å². The van der Waals surface area contributed by atoms with Crippen molar-refractivity contribution in [2.45, 2.75) is 13.5 Å². The van der Waals surface area contributed by atoms with Gasteiger partial charge in [0.25, 0.3) is 0 Å². The number of benzene rings is 1. The van der Waals surface area contributed by atoms with E-state index in [-0.39, 0.29) is 24.6 Å². The first-order valence-corrected chi connectivity index (χ1v) is 7.19. The Morgan fingerprint density at radius 1 is 1.36 bits per heavy atom. The Bertz CT molecular complexity index is 763. The van der Waals surface area contributed by atoms with Crippen molar-refractivity contribution in [3.63, 3.8) is 0 Å². The first-order chi connectivity index (χ1) is 10.4. The number of rotatable bonds is 5. The number of H-pyrrole nitrogens is 1. The lowest BCUT2D eigenvalue weighted by molar-refractivity contribution is -0.744. The van der Waals surface area contributed by atoms with Gasteiger partial charge in [-0.1, -0.05) is 33.3 Å². The summed E-state index contributed by atoms with van der Waals surface area (Å²) in [6, 6.07) is 6.71. The molecule has 0 unspecified atom stereocenters. The highest BCUT2D eigenvalue weighted by Gasteiger charge is 2.30. The first kappa shape index (κ1) is 16.0. The minimum absolute atomic E-state index is 0.106. The molecule has 2 aromatic rings. The van der Waals surface area contributed by atoms with Gasteiger partial charge in [-0.15, -0.1) is 4.68 Å². The van der Waals surface area contributed by atoms with Gasteiger partial charge in [0.05, 0.1) is 6.61 Å². The van der Waals surface area contributed by atoms with Crippen LogP contribution in [0, 0.1) is 0 Å². The SMILES string of the molecule is CCOC(=O)c1c(=O)n(N)[nH][n+]1CC(=O)c1ccc(Br)cc1. The number of ketones is 1. The third kappa shape index (κ3) is 3.25. The lowest BCUT2D eigenvalue weighted by Crippen LogP contribution is -2.46. The zero-order chi connectivity index (χ0) is 16.3. The van der Waals surface area contributed by atoms with Crippen molar-refractivity contribution in [3.8, 4) is 0 Å². The van der Waals surface area contributed by atoms with E-state index in [0.717, 1.165) is 9.15 Å². The first-order valence-electron chi connectivity index (χ1n) is 6.40. The van der Waals surface area contributed by atoms with Gasteiger partial charge in [0.2, 0.25) is 5.78 Å². The van der Waals surface area contributed by atoms with Crippen molar-refractivity contribution in [3.05, 3.63) is 50.3 Å². The van der Waals surface area contributed by atoms with Gasteiger partial charge in [-0.3, -0.25) is 4.79 Å². The summed E-state index contributed by atoms with van der Waals surface area (Å²) >= 11 is 3.28. The molecule has 2 rings (SSSR count). The van der Waals surface area contributed by atoms with Gasteiger partial charge in [0.15, 0.2) is 6.54 Å². The fraction of sp³-hybridized carbons (Fsp3) is 0.231. The van der Waals surface area contributed by atoms with Crippen LogP contribution in [-0.2, 0) is 11.3 Å². The van der Waals surface area contributed by atoms with Crippen molar-refractivity contribution < 1.29 is 19.0 Å². The Hall–Kier alpha value is -2.42. The van der Waals surface area contributed by atoms with Crippen LogP contribution in [0.1, 0.15) is 27.8 Å². The lowest BCUT2D eigenvalue weighted by atomic mass is 10.1. The summed E-state index contributed by atoms with van der Waals surface area (Å²) in [6.07, 6.45) is 0. The van der Waals surface area contributed by atoms with Crippen molar-refractivity contribution in [1.29, 1.82) is 0 Å². The van der Waals surface area contributed by atoms with Gasteiger partial charge >= 0.3 is 17.2 Å². The van der Waals surface area contributed by atoms with Gasteiger partial charge in [-0.25, -0.2) is 15.4 Å². The second-order valence-electron chi connectivity index (χ2n) is 4.36. The Labute approximate surface area is 133 Å². The lowest BCUT2D eigenvalue weighted by Gasteiger charge is -2.01. The van der Waals surface area contributed by atoms with E-state index in [4.69, 9.17) is 10.6 Å². The summed E-state index contributed by atoms with van der Waals surface area (Å²) in [6.45, 7) is 1.48. The van der Waals surface area contributed by atoms with E-state index >= 15 is 0 Å². The molecule has 1 aromatic carbocycles. The number of nitrogen functional groups attached to an aromatic ring is 1. The summed E-state index contributed by atoms with van der Waals surface area (Å²) < 4.78 is 6.71. The van der Waals surface area contributed by atoms with Gasteiger partial charge in [-0.2, -0.15) is 0 Å². The molecule has 1 heterocycles. The number of hydrogen-bond acceptors (Lipinski definition) is 5. The minimum atomic E-state index is -0.837. The molecule has 0 aliphatic rings. The molecule has 0 spiro atoms. The highest BCUT2D eigenvalue weighted by molar-refractivity contribution is 9.10. The zero-order valence-electron chi connectivity index (χ0n) is 11.7. The second-order valence-corrected chi connectivity index (χ2v) is 5.28. The molecule has 116 valence electrons. The van der Waals surface area contributed by atoms with E-state index < -0.39 is 11.5 Å². The monoisotopic (exact) mass is 369 g/mol. The van der Waals surface area contributed by atoms with Crippen LogP contribution < -0.4 is 16.1 Å². The van der Waals surface area contributed by atoms with Crippen molar-refractivity contribution in [2.75, 3.05) is 12.4 Å². The maximum atomic E-state index is 12.2. The fourth-order valence-corrected chi connectivity index (χ4v) is 2.10. The number of nitrogens with two attached hydrogens (primary N) is 1. The number of carbonyl (C=O) groups excluding carboxylic acids is 2. The predicted molar refractivity (Wildman–Crippen MR) is 79.8 cm³/mol. The van der Waals surface area contributed by atoms with Crippen molar-refractivity contribution in [1.82, 2.24) is 10.0 Å². The van der Waals surface area contributed by atoms with E-state index in [9.17, 15) is 14.4 Å². The van der Waals surface area contributed by atoms with E-state index in [1.54, 1.807) is 31.2 Å². The number of nitrogens with zero attached hydrogens (tertiary/aromatic N) is 2. The highest BCUT2D eigenvalue weighted by Crippen LogP contribution is 2.10. The molecule has 0 aliphatic heterocycles. The van der Waals surface area contributed by atoms with E-state index in [0.29, 0.717) is 10.4 Å². The molecule has 0 fully saturated rings. The van der Waals surface area contributed by atoms with E-state index in [1.165, 1.54) is 0 Å². The number of aromatic nitrogens is 3. The summed E-state index contributed by atoms with van der Waals surface area (Å²) in [7, 11) is 0. The number of halogens is 1. The predicted octanol–water partition coefficient (Wildman–Crippen LogP) is -0.000200. The number of carbonyl (C=O) groups is 2. The van der Waals surface area contributed by atoms with Crippen LogP contribution >= 0.6 is 15.9 Å². The van der Waals surface area contributed by atoms with E-state index in [1.807, 2.05) is 0 Å². The Morgan fingerprint density at radius 3 is 2.59 bits per heavy atom. The summed E-state index contributed by atoms with van der Waals surface area (Å²) in [5.74, 6) is 4.29. The normalized spacial score (nSPS) is 10.5. The average Bonchev–Trinajstić information content (AvgIpc) is 2.74. The summed E-state index contributed by atoms with van der Waals surface area (Å²) in [4.78, 5) is 36.5. The van der Waals surface area contributed by atoms with Crippen LogP contribution in [0.3, 0.4) is 0 Å². The third-order valence-electron chi connectivity index (χ3n) is 2.86. The Balaban J connectivity index is 2.31. The summed E-state index contributed by atoms with van der Waals surface area (Å²) in [5.41, 5.74) is -0.645. The van der Waals surface area contributed by atoms with Crippen molar-refractivity contribution in [2.24, 2.45) is 0 Å². The fourth-order valence-electron chi connectivity index (χ4n) is 1.84. The third-order valence-corrected chi connectivity index (χ3v) is 3.39. The molecule has 0 atom stereocenters. The molecule has 8 nitrogen and oxygen atoms in total. The summed E-state index contributed by atoms with van der Waals surface area (Å²) in [5, 5.41) is 2.43. The van der Waals surface area contributed by atoms with Gasteiger partial charge in [0, 0.05) is 10.0 Å². The van der Waals surface area contributed by atoms with Gasteiger partial charge in [-0.05, 0) is 23.8 Å². The Kier molecular flexibility index (Phi) is 4.76. The molecule has 3 N–H and O–H groups in total. The van der Waals surface area contributed by atoms with Crippen molar-refractivity contribution >= 4 is 27.7 Å². The largest absolute Gasteiger partial charge is 0.459 e. The quantitative estimate of drug-likeness (QED) is 0.333. The number of aromatic amines is 1. The van der Waals surface area contributed by atoms with Crippen LogP contribution in [0.15, 0.2) is 33.5 Å². The number of nitrogens with one attached hydrogen (secondary N) is 1. The number of ether oxygens (including phenoxy) is 1. The smallest absolute Gasteiger partial charge is 0.431 e. The highest BCUT2D eigenvalue weighted by atomic mass is 79.9. The molecule has 0 bridgehead atoms. The topological polar surface area (TPSA) is 111 Å². The molecular formula is C13H14BrN4O4+. The minimum Gasteiger partial charge on any atom is -0.459 e. The second kappa shape index (κ2) is 6.56. The maximum absolute atomic E-state index is 12.2. The molecule has 22 heavy (non-hydrogen) atoms. The van der Waals surface area contributed by atoms with Crippen LogP contribution in [-0.4, -0.2) is 28.4 Å². The van der Waals surface area contributed by atoms with Crippen LogP contribution in [0.4, 0.5) is 0 Å². The van der Waals surface area contributed by atoms with Crippen LogP contribution in [0.5, 0.6) is 0 Å². The molecule has 0 saturated heterocycles. The Morgan fingerprint density at radius 2 is 2.00 bits per heavy atom. The van der Waals surface area contributed by atoms with E-state index in [2.05, 4.69) is 21.1 Å². The van der Waals surface area contributed by atoms with Gasteiger partial charge < -0.3 is 4.74 Å². The molecule has 9 heteroatoms. The molecule has 1 aromatic heterocycles. The maximum Gasteiger partial charge on any atom is 0.431 e. The van der Waals surface area contributed by atoms with Crippen LogP contribution in [0.2, 0.25) is 0 Å². The molecule has 0 amide bonds. The number of esters is 1.